The van der Waals surface area contributed by atoms with Crippen molar-refractivity contribution in [3.8, 4) is 0 Å². The van der Waals surface area contributed by atoms with Gasteiger partial charge in [-0.3, -0.25) is 0 Å². The fraction of sp³-hybridized carbons (Fsp3) is 0.417. The second kappa shape index (κ2) is 16.5. The van der Waals surface area contributed by atoms with Crippen LogP contribution in [0.5, 0.6) is 0 Å². The molecule has 0 saturated carbocycles. The third kappa shape index (κ3) is 12.9. The van der Waals surface area contributed by atoms with E-state index >= 15 is 0 Å². The van der Waals surface area contributed by atoms with Crippen molar-refractivity contribution in [3.63, 3.8) is 0 Å². The Labute approximate surface area is 267 Å². The molecule has 3 rings (SSSR count). The summed E-state index contributed by atoms with van der Waals surface area (Å²) in [5.74, 6) is 0. The molecule has 3 N–H and O–H groups in total. The number of alkyl carbamates (subject to hydrolysis) is 3. The lowest BCUT2D eigenvalue weighted by Gasteiger charge is -2.33. The van der Waals surface area contributed by atoms with Gasteiger partial charge in [0.2, 0.25) is 0 Å². The predicted molar refractivity (Wildman–Crippen MR) is 175 cm³/mol. The van der Waals surface area contributed by atoms with E-state index in [0.717, 1.165) is 16.7 Å². The Morgan fingerprint density at radius 3 is 1.29 bits per heavy atom. The van der Waals surface area contributed by atoms with E-state index in [4.69, 9.17) is 14.2 Å². The number of hydrogen-bond acceptors (Lipinski definition) is 6. The van der Waals surface area contributed by atoms with Crippen LogP contribution < -0.4 is 16.0 Å². The van der Waals surface area contributed by atoms with Crippen molar-refractivity contribution in [2.75, 3.05) is 19.8 Å². The van der Waals surface area contributed by atoms with Crippen molar-refractivity contribution in [1.29, 1.82) is 0 Å². The van der Waals surface area contributed by atoms with Crippen LogP contribution in [0.3, 0.4) is 0 Å². The van der Waals surface area contributed by atoms with E-state index in [1.165, 1.54) is 0 Å². The Kier molecular flexibility index (Phi) is 12.8. The molecule has 242 valence electrons. The minimum atomic E-state index is -0.980. The molecule has 3 aromatic carbocycles. The lowest BCUT2D eigenvalue weighted by Crippen LogP contribution is -2.49. The molecule has 0 aliphatic carbocycles. The Morgan fingerprint density at radius 2 is 0.911 bits per heavy atom. The first-order chi connectivity index (χ1) is 21.4. The first-order valence-electron chi connectivity index (χ1n) is 15.3. The zero-order valence-corrected chi connectivity index (χ0v) is 27.1. The third-order valence-electron chi connectivity index (χ3n) is 7.42. The van der Waals surface area contributed by atoms with Crippen LogP contribution in [0, 0.1) is 5.41 Å². The molecule has 0 aromatic heterocycles. The van der Waals surface area contributed by atoms with Gasteiger partial charge < -0.3 is 30.2 Å². The van der Waals surface area contributed by atoms with E-state index in [2.05, 4.69) is 16.0 Å². The molecule has 45 heavy (non-hydrogen) atoms. The lowest BCUT2D eigenvalue weighted by molar-refractivity contribution is -0.0195. The van der Waals surface area contributed by atoms with Gasteiger partial charge >= 0.3 is 18.3 Å². The second-order valence-electron chi connectivity index (χ2n) is 12.8. The highest BCUT2D eigenvalue weighted by Gasteiger charge is 2.35. The fourth-order valence-electron chi connectivity index (χ4n) is 4.83. The first kappa shape index (κ1) is 35.0. The van der Waals surface area contributed by atoms with Crippen LogP contribution in [0.25, 0.3) is 0 Å². The molecule has 0 aliphatic heterocycles. The van der Waals surface area contributed by atoms with Crippen molar-refractivity contribution in [2.45, 2.75) is 71.5 Å². The van der Waals surface area contributed by atoms with E-state index in [-0.39, 0.29) is 19.8 Å². The number of carbonyl (C=O) groups is 3. The zero-order chi connectivity index (χ0) is 32.8. The number of rotatable bonds is 15. The van der Waals surface area contributed by atoms with Gasteiger partial charge in [0.25, 0.3) is 0 Å². The minimum absolute atomic E-state index is 0.133. The average Bonchev–Trinajstić information content (AvgIpc) is 3.00. The number of ether oxygens (including phenoxy) is 3. The summed E-state index contributed by atoms with van der Waals surface area (Å²) in [6.07, 6.45) is -0.242. The van der Waals surface area contributed by atoms with Gasteiger partial charge in [0.15, 0.2) is 0 Å². The Hall–Kier alpha value is -4.53. The van der Waals surface area contributed by atoms with E-state index in [9.17, 15) is 14.4 Å². The molecule has 9 nitrogen and oxygen atoms in total. The molecular weight excluding hydrogens is 570 g/mol. The van der Waals surface area contributed by atoms with Gasteiger partial charge in [-0.2, -0.15) is 0 Å². The largest absolute Gasteiger partial charge is 0.449 e. The zero-order valence-electron chi connectivity index (χ0n) is 27.1. The van der Waals surface area contributed by atoms with Crippen LogP contribution in [0.15, 0.2) is 91.0 Å². The van der Waals surface area contributed by atoms with E-state index in [1.54, 1.807) is 0 Å². The van der Waals surface area contributed by atoms with Gasteiger partial charge in [-0.25, -0.2) is 14.4 Å². The third-order valence-corrected chi connectivity index (χ3v) is 7.42. The maximum atomic E-state index is 12.9. The molecule has 0 unspecified atom stereocenters. The number of nitrogens with one attached hydrogen (secondary N) is 3. The van der Waals surface area contributed by atoms with Gasteiger partial charge in [0, 0.05) is 17.6 Å². The van der Waals surface area contributed by atoms with Crippen LogP contribution in [-0.4, -0.2) is 49.2 Å². The topological polar surface area (TPSA) is 115 Å². The van der Waals surface area contributed by atoms with Gasteiger partial charge in [0.05, 0.1) is 5.41 Å². The lowest BCUT2D eigenvalue weighted by atomic mass is 9.88. The molecule has 0 atom stereocenters. The van der Waals surface area contributed by atoms with Crippen LogP contribution >= 0.6 is 0 Å². The minimum Gasteiger partial charge on any atom is -0.449 e. The van der Waals surface area contributed by atoms with Crippen LogP contribution in [-0.2, 0) is 33.6 Å². The van der Waals surface area contributed by atoms with Crippen LogP contribution in [0.1, 0.15) is 57.7 Å². The maximum absolute atomic E-state index is 12.9. The van der Waals surface area contributed by atoms with Gasteiger partial charge in [-0.05, 0) is 63.6 Å². The summed E-state index contributed by atoms with van der Waals surface area (Å²) >= 11 is 0. The Bertz CT molecular complexity index is 1280. The molecule has 0 radical (unpaired) electrons. The Morgan fingerprint density at radius 1 is 0.556 bits per heavy atom. The number of carbonyl (C=O) groups excluding carboxylic acids is 3. The summed E-state index contributed by atoms with van der Waals surface area (Å²) in [7, 11) is 0. The predicted octanol–water partition coefficient (Wildman–Crippen LogP) is 6.80. The summed E-state index contributed by atoms with van der Waals surface area (Å²) in [5, 5.41) is 8.58. The summed E-state index contributed by atoms with van der Waals surface area (Å²) in [6.45, 7) is 9.42. The number of amides is 3. The number of benzene rings is 3. The van der Waals surface area contributed by atoms with E-state index < -0.39 is 34.8 Å². The van der Waals surface area contributed by atoms with Crippen molar-refractivity contribution >= 4 is 18.3 Å². The Balaban J connectivity index is 1.62. The smallest absolute Gasteiger partial charge is 0.407 e. The molecule has 0 heterocycles. The van der Waals surface area contributed by atoms with Crippen LogP contribution in [0.2, 0.25) is 0 Å². The second-order valence-corrected chi connectivity index (χ2v) is 12.8. The molecule has 0 fully saturated rings. The van der Waals surface area contributed by atoms with E-state index in [0.29, 0.717) is 25.8 Å². The first-order valence-corrected chi connectivity index (χ1v) is 15.3. The highest BCUT2D eigenvalue weighted by Crippen LogP contribution is 2.25. The van der Waals surface area contributed by atoms with Gasteiger partial charge in [-0.15, -0.1) is 0 Å². The number of hydrogen-bond donors (Lipinski definition) is 3. The quantitative estimate of drug-likeness (QED) is 0.162. The fourth-order valence-corrected chi connectivity index (χ4v) is 4.83. The molecule has 0 spiro atoms. The molecule has 9 heteroatoms. The van der Waals surface area contributed by atoms with Crippen molar-refractivity contribution in [2.24, 2.45) is 5.41 Å². The summed E-state index contributed by atoms with van der Waals surface area (Å²) in [6, 6.07) is 29.2. The van der Waals surface area contributed by atoms with Crippen LogP contribution in [0.4, 0.5) is 14.4 Å². The molecular formula is C36H47N3O6. The summed E-state index contributed by atoms with van der Waals surface area (Å²) in [5.41, 5.74) is 0.938. The van der Waals surface area contributed by atoms with Crippen molar-refractivity contribution in [3.05, 3.63) is 108 Å². The highest BCUT2D eigenvalue weighted by atomic mass is 16.6. The average molecular weight is 618 g/mol. The van der Waals surface area contributed by atoms with Crippen molar-refractivity contribution in [1.82, 2.24) is 16.0 Å². The SMILES string of the molecule is CCC(COC(=O)NCc1ccccc1)(COC(=O)NC(C)(C)Cc1ccccc1)COC(=O)NC(C)(C)Cc1ccccc1. The van der Waals surface area contributed by atoms with Gasteiger partial charge in [-0.1, -0.05) is 97.9 Å². The van der Waals surface area contributed by atoms with E-state index in [1.807, 2.05) is 126 Å². The molecule has 0 aliphatic rings. The summed E-state index contributed by atoms with van der Waals surface area (Å²) in [4.78, 5) is 38.5. The molecule has 3 aromatic rings. The summed E-state index contributed by atoms with van der Waals surface area (Å²) < 4.78 is 16.9. The van der Waals surface area contributed by atoms with Gasteiger partial charge in [0.1, 0.15) is 19.8 Å². The standard InChI is InChI=1S/C36H47N3O6/c1-6-36(25-43-31(40)37-24-30-20-14-9-15-21-30,26-44-32(41)38-34(2,3)22-28-16-10-7-11-17-28)27-45-33(42)39-35(4,5)23-29-18-12-8-13-19-29/h7-21H,6,22-27H2,1-5H3,(H,37,40)(H,38,41)(H,39,42). The maximum Gasteiger partial charge on any atom is 0.407 e. The molecule has 3 amide bonds. The molecule has 0 bridgehead atoms. The normalized spacial score (nSPS) is 11.7. The monoisotopic (exact) mass is 617 g/mol. The van der Waals surface area contributed by atoms with Crippen molar-refractivity contribution < 1.29 is 28.6 Å². The molecule has 0 saturated heterocycles. The highest BCUT2D eigenvalue weighted by molar-refractivity contribution is 5.69.